The highest BCUT2D eigenvalue weighted by Gasteiger charge is 2.70. The van der Waals surface area contributed by atoms with E-state index in [2.05, 4.69) is 22.0 Å². The Bertz CT molecular complexity index is 1180. The largest absolute Gasteiger partial charge is 0.471 e. The van der Waals surface area contributed by atoms with E-state index in [1.807, 2.05) is 13.8 Å². The topological polar surface area (TPSA) is 131 Å². The van der Waals surface area contributed by atoms with Gasteiger partial charge >= 0.3 is 12.1 Å². The third-order valence-electron chi connectivity index (χ3n) is 11.6. The molecule has 0 aromatic carbocycles. The number of hydrogen-bond acceptors (Lipinski definition) is 5. The number of piperidine rings is 2. The fraction of sp³-hybridized carbons (Fsp3) is 0.833. The van der Waals surface area contributed by atoms with Crippen molar-refractivity contribution in [3.05, 3.63) is 0 Å². The molecule has 0 aromatic rings. The predicted octanol–water partition coefficient (Wildman–Crippen LogP) is 2.66. The molecule has 6 atom stereocenters. The second-order valence-electron chi connectivity index (χ2n) is 14.6. The molecule has 42 heavy (non-hydrogen) atoms. The Hall–Kier alpha value is -2.84. The number of amides is 4. The Morgan fingerprint density at radius 3 is 2.26 bits per heavy atom. The molecule has 12 heteroatoms. The number of fused-ring (bicyclic) bond motifs is 1. The van der Waals surface area contributed by atoms with Crippen LogP contribution in [0.2, 0.25) is 0 Å². The first kappa shape index (κ1) is 29.2. The van der Waals surface area contributed by atoms with Gasteiger partial charge in [-0.05, 0) is 92.8 Å². The fourth-order valence-electron chi connectivity index (χ4n) is 9.95. The molecule has 230 valence electrons. The number of carbonyl (C=O) groups excluding carboxylic acids is 4. The normalized spacial score (nSPS) is 39.0. The number of halogens is 3. The number of alkyl halides is 3. The van der Waals surface area contributed by atoms with Crippen molar-refractivity contribution in [3.63, 3.8) is 0 Å². The van der Waals surface area contributed by atoms with Gasteiger partial charge in [-0.2, -0.15) is 18.4 Å². The molecule has 2 heterocycles. The van der Waals surface area contributed by atoms with Crippen LogP contribution in [-0.4, -0.2) is 65.9 Å². The van der Waals surface area contributed by atoms with Crippen molar-refractivity contribution < 1.29 is 32.3 Å². The second kappa shape index (κ2) is 10.1. The Balaban J connectivity index is 1.26. The number of rotatable bonds is 7. The third kappa shape index (κ3) is 4.94. The van der Waals surface area contributed by atoms with Crippen LogP contribution < -0.4 is 16.0 Å². The first-order chi connectivity index (χ1) is 19.7. The van der Waals surface area contributed by atoms with E-state index in [1.165, 1.54) is 4.90 Å². The number of hydrogen-bond donors (Lipinski definition) is 3. The lowest BCUT2D eigenvalue weighted by atomic mass is 9.47. The van der Waals surface area contributed by atoms with E-state index < -0.39 is 53.4 Å². The Morgan fingerprint density at radius 1 is 1.10 bits per heavy atom. The molecule has 7 aliphatic rings. The molecule has 9 nitrogen and oxygen atoms in total. The summed E-state index contributed by atoms with van der Waals surface area (Å²) in [4.78, 5) is 54.2. The Morgan fingerprint density at radius 2 is 1.71 bits per heavy atom. The lowest BCUT2D eigenvalue weighted by Gasteiger charge is -2.59. The molecular weight excluding hydrogens is 551 g/mol. The van der Waals surface area contributed by atoms with Crippen LogP contribution >= 0.6 is 0 Å². The van der Waals surface area contributed by atoms with Crippen LogP contribution in [0.15, 0.2) is 0 Å². The van der Waals surface area contributed by atoms with E-state index in [0.717, 1.165) is 25.7 Å². The van der Waals surface area contributed by atoms with Crippen LogP contribution in [0.4, 0.5) is 13.2 Å². The number of nitriles is 1. The first-order valence-corrected chi connectivity index (χ1v) is 15.4. The number of likely N-dealkylation sites (tertiary alicyclic amines) is 1. The number of carbonyl (C=O) groups is 4. The molecular formula is C30H40F3N5O4. The zero-order chi connectivity index (χ0) is 30.2. The van der Waals surface area contributed by atoms with Gasteiger partial charge in [-0.3, -0.25) is 19.2 Å². The summed E-state index contributed by atoms with van der Waals surface area (Å²) in [6, 6.07) is -1.21. The van der Waals surface area contributed by atoms with Crippen molar-refractivity contribution in [1.82, 2.24) is 20.9 Å². The number of nitrogens with zero attached hydrogens (tertiary/aromatic N) is 2. The summed E-state index contributed by atoms with van der Waals surface area (Å²) in [5, 5.41) is 17.5. The molecule has 4 bridgehead atoms. The van der Waals surface area contributed by atoms with E-state index in [1.54, 1.807) is 0 Å². The number of nitrogens with one attached hydrogen (secondary N) is 3. The Labute approximate surface area is 243 Å². The van der Waals surface area contributed by atoms with Crippen molar-refractivity contribution in [2.45, 2.75) is 95.9 Å². The molecule has 3 N–H and O–H groups in total. The quantitative estimate of drug-likeness (QED) is 0.419. The molecule has 0 spiro atoms. The Kier molecular flexibility index (Phi) is 7.05. The molecule has 7 fully saturated rings. The van der Waals surface area contributed by atoms with Crippen LogP contribution in [0, 0.1) is 57.7 Å². The van der Waals surface area contributed by atoms with Gasteiger partial charge in [-0.25, -0.2) is 0 Å². The molecule has 7 rings (SSSR count). The first-order valence-electron chi connectivity index (χ1n) is 15.4. The average Bonchev–Trinajstić information content (AvgIpc) is 3.23. The molecule has 0 aromatic heterocycles. The summed E-state index contributed by atoms with van der Waals surface area (Å²) in [5.74, 6) is -3.10. The van der Waals surface area contributed by atoms with Crippen molar-refractivity contribution in [3.8, 4) is 6.07 Å². The summed E-state index contributed by atoms with van der Waals surface area (Å²) >= 11 is 0. The van der Waals surface area contributed by atoms with Crippen molar-refractivity contribution in [1.29, 1.82) is 5.26 Å². The van der Waals surface area contributed by atoms with Gasteiger partial charge < -0.3 is 20.9 Å². The van der Waals surface area contributed by atoms with E-state index in [4.69, 9.17) is 0 Å². The second-order valence-corrected chi connectivity index (χ2v) is 14.6. The van der Waals surface area contributed by atoms with E-state index >= 15 is 0 Å². The highest BCUT2D eigenvalue weighted by molar-refractivity contribution is 5.95. The smallest absolute Gasteiger partial charge is 0.356 e. The lowest BCUT2D eigenvalue weighted by molar-refractivity contribution is -0.179. The fourth-order valence-corrected chi connectivity index (χ4v) is 9.95. The maximum Gasteiger partial charge on any atom is 0.471 e. The minimum atomic E-state index is -5.14. The highest BCUT2D eigenvalue weighted by Crippen LogP contribution is 2.66. The minimum absolute atomic E-state index is 0.0165. The van der Waals surface area contributed by atoms with Crippen LogP contribution in [-0.2, 0) is 19.2 Å². The summed E-state index contributed by atoms with van der Waals surface area (Å²) in [7, 11) is 0. The molecule has 5 aliphatic carbocycles. The molecule has 2 aliphatic heterocycles. The van der Waals surface area contributed by atoms with E-state index in [9.17, 15) is 37.6 Å². The maximum absolute atomic E-state index is 14.4. The molecule has 4 amide bonds. The SMILES string of the molecule is CC1(C)C2CN(C(=O)C(NC(=O)C(F)(F)F)C34CC5CC(CC(C5)C3)C4)C(C(=O)NC(C#N)CC3CCCNC3=O)C21. The molecule has 0 radical (unpaired) electrons. The zero-order valence-corrected chi connectivity index (χ0v) is 24.1. The van der Waals surface area contributed by atoms with Crippen molar-refractivity contribution in [2.24, 2.45) is 46.3 Å². The third-order valence-corrected chi connectivity index (χ3v) is 11.6. The van der Waals surface area contributed by atoms with Gasteiger partial charge in [-0.15, -0.1) is 0 Å². The van der Waals surface area contributed by atoms with Crippen LogP contribution in [0.25, 0.3) is 0 Å². The standard InChI is InChI=1S/C30H40F3N5O4/c1-28(2)20-14-38(22(21(20)28)25(40)36-19(13-34)9-18-4-3-5-35-24(18)39)26(41)23(37-27(42)30(31,32)33)29-10-15-6-16(11-29)8-17(7-15)12-29/h15-23H,3-12,14H2,1-2H3,(H,35,39)(H,36,40)(H,37,42). The maximum atomic E-state index is 14.4. The van der Waals surface area contributed by atoms with Gasteiger partial charge in [0.1, 0.15) is 18.1 Å². The van der Waals surface area contributed by atoms with Crippen LogP contribution in [0.3, 0.4) is 0 Å². The van der Waals surface area contributed by atoms with Gasteiger partial charge in [-0.1, -0.05) is 13.8 Å². The van der Waals surface area contributed by atoms with Crippen LogP contribution in [0.1, 0.15) is 71.6 Å². The predicted molar refractivity (Wildman–Crippen MR) is 143 cm³/mol. The highest BCUT2D eigenvalue weighted by atomic mass is 19.4. The molecule has 5 saturated carbocycles. The zero-order valence-electron chi connectivity index (χ0n) is 24.1. The van der Waals surface area contributed by atoms with Crippen molar-refractivity contribution >= 4 is 23.6 Å². The minimum Gasteiger partial charge on any atom is -0.356 e. The summed E-state index contributed by atoms with van der Waals surface area (Å²) in [5.41, 5.74) is -1.02. The van der Waals surface area contributed by atoms with Gasteiger partial charge in [0.05, 0.1) is 6.07 Å². The van der Waals surface area contributed by atoms with Gasteiger partial charge in [0, 0.05) is 24.4 Å². The average molecular weight is 592 g/mol. The van der Waals surface area contributed by atoms with E-state index in [-0.39, 0.29) is 36.1 Å². The van der Waals surface area contributed by atoms with Gasteiger partial charge in [0.2, 0.25) is 17.7 Å². The van der Waals surface area contributed by atoms with E-state index in [0.29, 0.717) is 50.0 Å². The van der Waals surface area contributed by atoms with Gasteiger partial charge in [0.25, 0.3) is 0 Å². The summed E-state index contributed by atoms with van der Waals surface area (Å²) < 4.78 is 40.6. The van der Waals surface area contributed by atoms with Crippen LogP contribution in [0.5, 0.6) is 0 Å². The molecule has 2 saturated heterocycles. The van der Waals surface area contributed by atoms with Crippen molar-refractivity contribution in [2.75, 3.05) is 13.1 Å². The van der Waals surface area contributed by atoms with Gasteiger partial charge in [0.15, 0.2) is 0 Å². The lowest BCUT2D eigenvalue weighted by Crippen LogP contribution is -2.65. The molecule has 6 unspecified atom stereocenters. The monoisotopic (exact) mass is 591 g/mol. The summed E-state index contributed by atoms with van der Waals surface area (Å²) in [6.07, 6.45) is 1.20. The summed E-state index contributed by atoms with van der Waals surface area (Å²) in [6.45, 7) is 4.79.